The summed E-state index contributed by atoms with van der Waals surface area (Å²) in [5, 5.41) is 6.97. The number of ether oxygens (including phenoxy) is 2. The second kappa shape index (κ2) is 11.4. The van der Waals surface area contributed by atoms with Gasteiger partial charge in [0.25, 0.3) is 11.5 Å². The van der Waals surface area contributed by atoms with E-state index in [1.807, 2.05) is 60.7 Å². The number of rotatable bonds is 11. The number of hydrogen-bond acceptors (Lipinski definition) is 5. The Labute approximate surface area is 175 Å². The molecule has 0 saturated carbocycles. The van der Waals surface area contributed by atoms with Gasteiger partial charge in [-0.05, 0) is 43.2 Å². The van der Waals surface area contributed by atoms with Crippen molar-refractivity contribution in [2.24, 2.45) is 0 Å². The molecule has 3 rings (SSSR count). The summed E-state index contributed by atoms with van der Waals surface area (Å²) < 4.78 is 12.5. The molecule has 0 saturated heterocycles. The predicted molar refractivity (Wildman–Crippen MR) is 114 cm³/mol. The van der Waals surface area contributed by atoms with Crippen LogP contribution >= 0.6 is 0 Å². The van der Waals surface area contributed by atoms with E-state index in [-0.39, 0.29) is 30.3 Å². The van der Waals surface area contributed by atoms with Gasteiger partial charge in [0, 0.05) is 12.6 Å². The van der Waals surface area contributed by atoms with Crippen LogP contribution in [-0.4, -0.2) is 35.4 Å². The van der Waals surface area contributed by atoms with Crippen molar-refractivity contribution < 1.29 is 14.3 Å². The fraction of sp³-hybridized carbons (Fsp3) is 0.261. The molecule has 7 nitrogen and oxygen atoms in total. The Morgan fingerprint density at radius 1 is 0.833 bits per heavy atom. The second-order valence-corrected chi connectivity index (χ2v) is 6.57. The van der Waals surface area contributed by atoms with Crippen molar-refractivity contribution in [3.8, 4) is 11.5 Å². The highest BCUT2D eigenvalue weighted by molar-refractivity contribution is 5.91. The van der Waals surface area contributed by atoms with Crippen LogP contribution in [0, 0.1) is 0 Å². The van der Waals surface area contributed by atoms with Gasteiger partial charge in [-0.2, -0.15) is 5.10 Å². The molecule has 1 aromatic heterocycles. The van der Waals surface area contributed by atoms with Crippen molar-refractivity contribution in [3.05, 3.63) is 88.8 Å². The molecular formula is C23H25N3O4. The lowest BCUT2D eigenvalue weighted by molar-refractivity contribution is 0.0944. The molecule has 2 aromatic carbocycles. The summed E-state index contributed by atoms with van der Waals surface area (Å²) in [6, 6.07) is 21.7. The first-order chi connectivity index (χ1) is 14.7. The Hall–Kier alpha value is -3.61. The highest BCUT2D eigenvalue weighted by Gasteiger charge is 2.09. The standard InChI is InChI=1S/C23H25N3O4/c27-22-14-13-21(25-26(22)16-18-30-20-11-5-2-6-12-20)23(28)24-15-7-8-17-29-19-9-3-1-4-10-19/h1-6,9-14H,7-8,15-18H2,(H,24,28). The maximum Gasteiger partial charge on any atom is 0.271 e. The molecule has 1 N–H and O–H groups in total. The van der Waals surface area contributed by atoms with Gasteiger partial charge in [0.05, 0.1) is 13.2 Å². The summed E-state index contributed by atoms with van der Waals surface area (Å²) >= 11 is 0. The first-order valence-corrected chi connectivity index (χ1v) is 9.94. The number of hydrogen-bond donors (Lipinski definition) is 1. The fourth-order valence-corrected chi connectivity index (χ4v) is 2.72. The molecule has 0 fully saturated rings. The van der Waals surface area contributed by atoms with E-state index in [1.165, 1.54) is 16.8 Å². The van der Waals surface area contributed by atoms with Crippen molar-refractivity contribution in [1.82, 2.24) is 15.1 Å². The Kier molecular flexibility index (Phi) is 8.02. The van der Waals surface area contributed by atoms with E-state index in [0.29, 0.717) is 13.2 Å². The van der Waals surface area contributed by atoms with Crippen LogP contribution in [0.3, 0.4) is 0 Å². The Morgan fingerprint density at radius 3 is 2.13 bits per heavy atom. The number of nitrogens with zero attached hydrogens (tertiary/aromatic N) is 2. The van der Waals surface area contributed by atoms with Gasteiger partial charge in [0.1, 0.15) is 23.8 Å². The summed E-state index contributed by atoms with van der Waals surface area (Å²) in [6.45, 7) is 1.63. The minimum atomic E-state index is -0.309. The molecule has 0 atom stereocenters. The fourth-order valence-electron chi connectivity index (χ4n) is 2.72. The molecule has 0 aliphatic carbocycles. The lowest BCUT2D eigenvalue weighted by atomic mass is 10.3. The van der Waals surface area contributed by atoms with Crippen molar-refractivity contribution in [2.75, 3.05) is 19.8 Å². The Morgan fingerprint density at radius 2 is 1.47 bits per heavy atom. The van der Waals surface area contributed by atoms with Gasteiger partial charge in [0.2, 0.25) is 0 Å². The molecule has 0 radical (unpaired) electrons. The van der Waals surface area contributed by atoms with Crippen molar-refractivity contribution in [2.45, 2.75) is 19.4 Å². The maximum absolute atomic E-state index is 12.3. The highest BCUT2D eigenvalue weighted by Crippen LogP contribution is 2.09. The SMILES string of the molecule is O=C(NCCCCOc1ccccc1)c1ccc(=O)n(CCOc2ccccc2)n1. The third kappa shape index (κ3) is 6.77. The number of nitrogens with one attached hydrogen (secondary N) is 1. The molecular weight excluding hydrogens is 382 g/mol. The van der Waals surface area contributed by atoms with Crippen molar-refractivity contribution in [1.29, 1.82) is 0 Å². The van der Waals surface area contributed by atoms with Gasteiger partial charge in [-0.25, -0.2) is 4.68 Å². The molecule has 3 aromatic rings. The topological polar surface area (TPSA) is 82.5 Å². The molecule has 0 spiro atoms. The molecule has 7 heteroatoms. The molecule has 0 unspecified atom stereocenters. The van der Waals surface area contributed by atoms with Gasteiger partial charge in [-0.3, -0.25) is 9.59 Å². The van der Waals surface area contributed by atoms with Crippen LogP contribution < -0.4 is 20.3 Å². The van der Waals surface area contributed by atoms with E-state index in [1.54, 1.807) is 0 Å². The van der Waals surface area contributed by atoms with E-state index in [2.05, 4.69) is 10.4 Å². The zero-order valence-electron chi connectivity index (χ0n) is 16.7. The molecule has 0 aliphatic heterocycles. The zero-order chi connectivity index (χ0) is 21.0. The van der Waals surface area contributed by atoms with E-state index in [9.17, 15) is 9.59 Å². The van der Waals surface area contributed by atoms with Crippen LogP contribution in [0.4, 0.5) is 0 Å². The predicted octanol–water partition coefficient (Wildman–Crippen LogP) is 2.91. The lowest BCUT2D eigenvalue weighted by Gasteiger charge is -2.09. The summed E-state index contributed by atoms with van der Waals surface area (Å²) in [7, 11) is 0. The molecule has 1 heterocycles. The molecule has 0 bridgehead atoms. The summed E-state index contributed by atoms with van der Waals surface area (Å²) in [6.07, 6.45) is 1.60. The second-order valence-electron chi connectivity index (χ2n) is 6.57. The number of para-hydroxylation sites is 2. The van der Waals surface area contributed by atoms with Gasteiger partial charge in [-0.15, -0.1) is 0 Å². The van der Waals surface area contributed by atoms with E-state index in [4.69, 9.17) is 9.47 Å². The Bertz CT molecular complexity index is 974. The minimum Gasteiger partial charge on any atom is -0.494 e. The number of carbonyl (C=O) groups is 1. The van der Waals surface area contributed by atoms with Gasteiger partial charge < -0.3 is 14.8 Å². The first-order valence-electron chi connectivity index (χ1n) is 9.94. The normalized spacial score (nSPS) is 10.4. The van der Waals surface area contributed by atoms with Crippen LogP contribution in [0.1, 0.15) is 23.3 Å². The van der Waals surface area contributed by atoms with E-state index >= 15 is 0 Å². The monoisotopic (exact) mass is 407 g/mol. The molecule has 0 aliphatic rings. The number of amides is 1. The first kappa shape index (κ1) is 21.1. The average molecular weight is 407 g/mol. The van der Waals surface area contributed by atoms with Crippen LogP contribution in [0.5, 0.6) is 11.5 Å². The third-order valence-electron chi connectivity index (χ3n) is 4.28. The largest absolute Gasteiger partial charge is 0.494 e. The highest BCUT2D eigenvalue weighted by atomic mass is 16.5. The van der Waals surface area contributed by atoms with Gasteiger partial charge >= 0.3 is 0 Å². The van der Waals surface area contributed by atoms with Crippen molar-refractivity contribution in [3.63, 3.8) is 0 Å². The van der Waals surface area contributed by atoms with E-state index in [0.717, 1.165) is 24.3 Å². The summed E-state index contributed by atoms with van der Waals surface area (Å²) in [5.41, 5.74) is -0.0730. The van der Waals surface area contributed by atoms with E-state index < -0.39 is 0 Å². The molecule has 1 amide bonds. The maximum atomic E-state index is 12.3. The average Bonchev–Trinajstić information content (AvgIpc) is 2.78. The van der Waals surface area contributed by atoms with Gasteiger partial charge in [-0.1, -0.05) is 36.4 Å². The zero-order valence-corrected chi connectivity index (χ0v) is 16.7. The molecule has 30 heavy (non-hydrogen) atoms. The smallest absolute Gasteiger partial charge is 0.271 e. The lowest BCUT2D eigenvalue weighted by Crippen LogP contribution is -2.31. The Balaban J connectivity index is 1.39. The molecule has 156 valence electrons. The van der Waals surface area contributed by atoms with Gasteiger partial charge in [0.15, 0.2) is 0 Å². The third-order valence-corrected chi connectivity index (χ3v) is 4.28. The number of aromatic nitrogens is 2. The van der Waals surface area contributed by atoms with Crippen LogP contribution in [-0.2, 0) is 6.54 Å². The summed E-state index contributed by atoms with van der Waals surface area (Å²) in [4.78, 5) is 24.3. The number of benzene rings is 2. The minimum absolute atomic E-state index is 0.204. The summed E-state index contributed by atoms with van der Waals surface area (Å²) in [5.74, 6) is 1.25. The number of unbranched alkanes of at least 4 members (excludes halogenated alkanes) is 1. The van der Waals surface area contributed by atoms with Crippen LogP contribution in [0.2, 0.25) is 0 Å². The van der Waals surface area contributed by atoms with Crippen LogP contribution in [0.25, 0.3) is 0 Å². The van der Waals surface area contributed by atoms with Crippen molar-refractivity contribution >= 4 is 5.91 Å². The number of carbonyl (C=O) groups excluding carboxylic acids is 1. The van der Waals surface area contributed by atoms with Crippen LogP contribution in [0.15, 0.2) is 77.6 Å². The quantitative estimate of drug-likeness (QED) is 0.494.